The summed E-state index contributed by atoms with van der Waals surface area (Å²) < 4.78 is 40.0. The first-order valence-electron chi connectivity index (χ1n) is 8.94. The second-order valence-corrected chi connectivity index (χ2v) is 8.79. The lowest BCUT2D eigenvalue weighted by atomic mass is 10.0. The predicted molar refractivity (Wildman–Crippen MR) is 97.1 cm³/mol. The van der Waals surface area contributed by atoms with E-state index < -0.39 is 10.2 Å². The van der Waals surface area contributed by atoms with Crippen LogP contribution in [0, 0.1) is 5.92 Å². The average Bonchev–Trinajstić information content (AvgIpc) is 2.84. The van der Waals surface area contributed by atoms with E-state index in [1.165, 1.54) is 11.1 Å². The average molecular weight is 368 g/mol. The Kier molecular flexibility index (Phi) is 5.99. The summed E-state index contributed by atoms with van der Waals surface area (Å²) in [5.74, 6) is 1.12. The van der Waals surface area contributed by atoms with Crippen molar-refractivity contribution < 1.29 is 17.9 Å². The second-order valence-electron chi connectivity index (χ2n) is 6.86. The predicted octanol–water partition coefficient (Wildman–Crippen LogP) is 1.70. The minimum absolute atomic E-state index is 0.293. The summed E-state index contributed by atoms with van der Waals surface area (Å²) in [7, 11) is -0.0841. The van der Waals surface area contributed by atoms with Crippen molar-refractivity contribution in [3.63, 3.8) is 0 Å². The van der Waals surface area contributed by atoms with Gasteiger partial charge in [-0.1, -0.05) is 6.07 Å². The molecule has 7 heteroatoms. The monoisotopic (exact) mass is 368 g/mol. The Balaban J connectivity index is 1.71. The maximum Gasteiger partial charge on any atom is 0.282 e. The van der Waals surface area contributed by atoms with E-state index in [1.54, 1.807) is 22.8 Å². The Labute approximate surface area is 150 Å². The number of nitrogens with zero attached hydrogens (tertiary/aromatic N) is 2. The number of benzene rings is 1. The molecule has 140 valence electrons. The van der Waals surface area contributed by atoms with Crippen LogP contribution in [0.25, 0.3) is 0 Å². The van der Waals surface area contributed by atoms with Crippen LogP contribution in [0.1, 0.15) is 24.0 Å². The molecule has 2 aliphatic heterocycles. The lowest BCUT2D eigenvalue weighted by Gasteiger charge is -2.35. The van der Waals surface area contributed by atoms with E-state index in [9.17, 15) is 8.42 Å². The molecule has 6 nitrogen and oxygen atoms in total. The van der Waals surface area contributed by atoms with Crippen LogP contribution in [0.15, 0.2) is 18.2 Å². The molecule has 0 amide bonds. The summed E-state index contributed by atoms with van der Waals surface area (Å²) in [5.41, 5.74) is 2.40. The Hall–Kier alpha value is -1.15. The third-order valence-corrected chi connectivity index (χ3v) is 7.21. The number of fused-ring (bicyclic) bond motifs is 1. The van der Waals surface area contributed by atoms with Gasteiger partial charge in [-0.3, -0.25) is 0 Å². The molecule has 1 atom stereocenters. The van der Waals surface area contributed by atoms with Gasteiger partial charge in [0, 0.05) is 33.3 Å². The standard InChI is InChI=1S/C18H28N2O4S/c1-23-14-15-4-3-9-20(13-15)25(21,22)19-10-7-16-5-6-18(24-2)12-17(16)8-11-19/h5-6,12,15H,3-4,7-11,13-14H2,1-2H3/t15-/m0/s1. The zero-order valence-corrected chi connectivity index (χ0v) is 15.9. The summed E-state index contributed by atoms with van der Waals surface area (Å²) >= 11 is 0. The number of rotatable bonds is 5. The number of methoxy groups -OCH3 is 2. The summed E-state index contributed by atoms with van der Waals surface area (Å²) in [6.45, 7) is 2.85. The molecule has 0 spiro atoms. The topological polar surface area (TPSA) is 59.1 Å². The first-order chi connectivity index (χ1) is 12.0. The van der Waals surface area contributed by atoms with Crippen molar-refractivity contribution in [3.8, 4) is 5.75 Å². The smallest absolute Gasteiger partial charge is 0.282 e. The zero-order valence-electron chi connectivity index (χ0n) is 15.1. The van der Waals surface area contributed by atoms with Gasteiger partial charge in [-0.05, 0) is 54.9 Å². The van der Waals surface area contributed by atoms with Crippen LogP contribution >= 0.6 is 0 Å². The molecule has 0 saturated carbocycles. The Morgan fingerprint density at radius 1 is 1.08 bits per heavy atom. The van der Waals surface area contributed by atoms with E-state index in [1.807, 2.05) is 12.1 Å². The molecule has 3 rings (SSSR count). The molecule has 2 heterocycles. The Morgan fingerprint density at radius 3 is 2.56 bits per heavy atom. The van der Waals surface area contributed by atoms with Crippen LogP contribution in [-0.2, 0) is 27.8 Å². The summed E-state index contributed by atoms with van der Waals surface area (Å²) in [5, 5.41) is 0. The fraction of sp³-hybridized carbons (Fsp3) is 0.667. The van der Waals surface area contributed by atoms with Crippen molar-refractivity contribution in [3.05, 3.63) is 29.3 Å². The van der Waals surface area contributed by atoms with Gasteiger partial charge < -0.3 is 9.47 Å². The molecule has 0 aliphatic carbocycles. The molecule has 1 aromatic carbocycles. The van der Waals surface area contributed by atoms with Gasteiger partial charge in [0.25, 0.3) is 10.2 Å². The summed E-state index contributed by atoms with van der Waals surface area (Å²) in [4.78, 5) is 0. The zero-order chi connectivity index (χ0) is 17.9. The highest BCUT2D eigenvalue weighted by Crippen LogP contribution is 2.25. The maximum atomic E-state index is 13.1. The first-order valence-corrected chi connectivity index (χ1v) is 10.3. The molecule has 1 fully saturated rings. The van der Waals surface area contributed by atoms with E-state index in [0.29, 0.717) is 38.7 Å². The SMILES string of the molecule is COC[C@H]1CCCN(S(=O)(=O)N2CCc3ccc(OC)cc3CC2)C1. The normalized spacial score (nSPS) is 23.0. The molecule has 0 bridgehead atoms. The van der Waals surface area contributed by atoms with Crippen molar-refractivity contribution in [2.24, 2.45) is 5.92 Å². The summed E-state index contributed by atoms with van der Waals surface area (Å²) in [6, 6.07) is 6.03. The van der Waals surface area contributed by atoms with E-state index >= 15 is 0 Å². The van der Waals surface area contributed by atoms with E-state index in [-0.39, 0.29) is 0 Å². The van der Waals surface area contributed by atoms with E-state index in [2.05, 4.69) is 6.07 Å². The lowest BCUT2D eigenvalue weighted by molar-refractivity contribution is 0.116. The third-order valence-electron chi connectivity index (χ3n) is 5.21. The molecule has 0 N–H and O–H groups in total. The minimum atomic E-state index is -3.41. The van der Waals surface area contributed by atoms with Crippen molar-refractivity contribution in [1.82, 2.24) is 8.61 Å². The Morgan fingerprint density at radius 2 is 1.84 bits per heavy atom. The lowest BCUT2D eigenvalue weighted by Crippen LogP contribution is -2.49. The van der Waals surface area contributed by atoms with Crippen molar-refractivity contribution in [2.45, 2.75) is 25.7 Å². The van der Waals surface area contributed by atoms with Crippen LogP contribution < -0.4 is 4.74 Å². The number of piperidine rings is 1. The molecule has 25 heavy (non-hydrogen) atoms. The van der Waals surface area contributed by atoms with Gasteiger partial charge in [0.1, 0.15) is 5.75 Å². The van der Waals surface area contributed by atoms with Gasteiger partial charge in [0.05, 0.1) is 13.7 Å². The van der Waals surface area contributed by atoms with E-state index in [0.717, 1.165) is 31.4 Å². The Bertz CT molecular complexity index is 690. The summed E-state index contributed by atoms with van der Waals surface area (Å²) in [6.07, 6.45) is 3.40. The molecular weight excluding hydrogens is 340 g/mol. The van der Waals surface area contributed by atoms with Crippen LogP contribution in [0.2, 0.25) is 0 Å². The van der Waals surface area contributed by atoms with Crippen molar-refractivity contribution in [2.75, 3.05) is 47.0 Å². The largest absolute Gasteiger partial charge is 0.497 e. The molecule has 2 aliphatic rings. The van der Waals surface area contributed by atoms with Gasteiger partial charge in [-0.2, -0.15) is 17.0 Å². The minimum Gasteiger partial charge on any atom is -0.497 e. The first kappa shape index (κ1) is 18.6. The van der Waals surface area contributed by atoms with Gasteiger partial charge in [-0.25, -0.2) is 0 Å². The quantitative estimate of drug-likeness (QED) is 0.794. The third kappa shape index (κ3) is 4.16. The van der Waals surface area contributed by atoms with Gasteiger partial charge in [-0.15, -0.1) is 0 Å². The van der Waals surface area contributed by atoms with Gasteiger partial charge in [0.15, 0.2) is 0 Å². The number of ether oxygens (including phenoxy) is 2. The van der Waals surface area contributed by atoms with Crippen LogP contribution in [0.3, 0.4) is 0 Å². The van der Waals surface area contributed by atoms with Crippen molar-refractivity contribution in [1.29, 1.82) is 0 Å². The molecule has 0 aromatic heterocycles. The molecule has 1 aromatic rings. The van der Waals surface area contributed by atoms with Gasteiger partial charge in [0.2, 0.25) is 0 Å². The molecule has 0 radical (unpaired) electrons. The van der Waals surface area contributed by atoms with Crippen LogP contribution in [-0.4, -0.2) is 64.0 Å². The van der Waals surface area contributed by atoms with Crippen LogP contribution in [0.5, 0.6) is 5.75 Å². The number of hydrogen-bond acceptors (Lipinski definition) is 4. The maximum absolute atomic E-state index is 13.1. The fourth-order valence-electron chi connectivity index (χ4n) is 3.81. The molecular formula is C18H28N2O4S. The van der Waals surface area contributed by atoms with Gasteiger partial charge >= 0.3 is 0 Å². The van der Waals surface area contributed by atoms with Crippen LogP contribution in [0.4, 0.5) is 0 Å². The van der Waals surface area contributed by atoms with E-state index in [4.69, 9.17) is 9.47 Å². The van der Waals surface area contributed by atoms with Crippen molar-refractivity contribution >= 4 is 10.2 Å². The molecule has 0 unspecified atom stereocenters. The second kappa shape index (κ2) is 8.03. The molecule has 1 saturated heterocycles. The fourth-order valence-corrected chi connectivity index (χ4v) is 5.54. The highest BCUT2D eigenvalue weighted by molar-refractivity contribution is 7.86. The number of hydrogen-bond donors (Lipinski definition) is 0. The highest BCUT2D eigenvalue weighted by atomic mass is 32.2. The highest BCUT2D eigenvalue weighted by Gasteiger charge is 2.34.